The zero-order chi connectivity index (χ0) is 32.3. The highest BCUT2D eigenvalue weighted by molar-refractivity contribution is 6.19. The molecule has 10 rings (SSSR count). The molecule has 0 aliphatic heterocycles. The molecule has 0 atom stereocenters. The van der Waals surface area contributed by atoms with Crippen LogP contribution in [0.4, 0.5) is 0 Å². The Bertz CT molecular complexity index is 2890. The molecule has 0 saturated heterocycles. The SMILES string of the molecule is c1ccc(-c2nc(-c3cccc(-c4cccc5oc6c7cnccc7ccc6c45)c3)nc(-c3cc4ccccc4c4ccccc34)n2)cc1. The fourth-order valence-corrected chi connectivity index (χ4v) is 7.09. The maximum atomic E-state index is 6.46. The minimum absolute atomic E-state index is 0.615. The van der Waals surface area contributed by atoms with E-state index in [-0.39, 0.29) is 0 Å². The predicted octanol–water partition coefficient (Wildman–Crippen LogP) is 11.3. The van der Waals surface area contributed by atoms with E-state index in [1.165, 1.54) is 10.8 Å². The zero-order valence-corrected chi connectivity index (χ0v) is 26.2. The van der Waals surface area contributed by atoms with Crippen LogP contribution in [0.15, 0.2) is 162 Å². The molecule has 5 heteroatoms. The Morgan fingerprint density at radius 3 is 2.02 bits per heavy atom. The summed E-state index contributed by atoms with van der Waals surface area (Å²) in [5.74, 6) is 1.88. The summed E-state index contributed by atoms with van der Waals surface area (Å²) >= 11 is 0. The maximum absolute atomic E-state index is 6.46. The van der Waals surface area contributed by atoms with Gasteiger partial charge in [-0.05, 0) is 68.4 Å². The van der Waals surface area contributed by atoms with Crippen LogP contribution < -0.4 is 0 Å². The van der Waals surface area contributed by atoms with Gasteiger partial charge in [0.15, 0.2) is 17.5 Å². The molecule has 0 radical (unpaired) electrons. The molecule has 0 aliphatic carbocycles. The molecule has 3 heterocycles. The molecule has 49 heavy (non-hydrogen) atoms. The smallest absolute Gasteiger partial charge is 0.164 e. The molecule has 0 bridgehead atoms. The second-order valence-corrected chi connectivity index (χ2v) is 12.3. The Balaban J connectivity index is 1.19. The first kappa shape index (κ1) is 27.4. The van der Waals surface area contributed by atoms with Gasteiger partial charge in [-0.25, -0.2) is 15.0 Å². The Morgan fingerprint density at radius 2 is 1.12 bits per heavy atom. The zero-order valence-electron chi connectivity index (χ0n) is 26.2. The van der Waals surface area contributed by atoms with E-state index in [0.717, 1.165) is 71.3 Å². The van der Waals surface area contributed by atoms with E-state index in [9.17, 15) is 0 Å². The summed E-state index contributed by atoms with van der Waals surface area (Å²) in [5, 5.41) is 8.87. The topological polar surface area (TPSA) is 64.7 Å². The lowest BCUT2D eigenvalue weighted by Crippen LogP contribution is -2.01. The summed E-state index contributed by atoms with van der Waals surface area (Å²) in [4.78, 5) is 19.7. The van der Waals surface area contributed by atoms with Crippen molar-refractivity contribution < 1.29 is 4.42 Å². The van der Waals surface area contributed by atoms with Crippen LogP contribution in [-0.2, 0) is 0 Å². The molecular weight excluding hydrogens is 601 g/mol. The molecule has 0 aliphatic rings. The van der Waals surface area contributed by atoms with E-state index in [2.05, 4.69) is 102 Å². The van der Waals surface area contributed by atoms with Gasteiger partial charge in [-0.2, -0.15) is 0 Å². The van der Waals surface area contributed by atoms with Crippen LogP contribution in [0, 0.1) is 0 Å². The minimum Gasteiger partial charge on any atom is -0.455 e. The van der Waals surface area contributed by atoms with E-state index >= 15 is 0 Å². The molecule has 0 amide bonds. The molecule has 0 unspecified atom stereocenters. The van der Waals surface area contributed by atoms with Crippen molar-refractivity contribution in [3.05, 3.63) is 158 Å². The van der Waals surface area contributed by atoms with Crippen molar-refractivity contribution in [1.82, 2.24) is 19.9 Å². The second kappa shape index (κ2) is 10.9. The van der Waals surface area contributed by atoms with Gasteiger partial charge in [-0.1, -0.05) is 115 Å². The number of benzene rings is 7. The van der Waals surface area contributed by atoms with Gasteiger partial charge in [0.2, 0.25) is 0 Å². The molecule has 0 fully saturated rings. The first-order valence-corrected chi connectivity index (χ1v) is 16.3. The van der Waals surface area contributed by atoms with Gasteiger partial charge >= 0.3 is 0 Å². The molecule has 0 saturated carbocycles. The number of nitrogens with zero attached hydrogens (tertiary/aromatic N) is 4. The van der Waals surface area contributed by atoms with E-state index in [1.807, 2.05) is 60.9 Å². The van der Waals surface area contributed by atoms with E-state index < -0.39 is 0 Å². The van der Waals surface area contributed by atoms with Crippen LogP contribution in [0.3, 0.4) is 0 Å². The summed E-state index contributed by atoms with van der Waals surface area (Å²) in [5.41, 5.74) is 6.64. The van der Waals surface area contributed by atoms with Crippen LogP contribution in [0.2, 0.25) is 0 Å². The molecule has 10 aromatic rings. The highest BCUT2D eigenvalue weighted by Crippen LogP contribution is 2.40. The van der Waals surface area contributed by atoms with Gasteiger partial charge in [0.25, 0.3) is 0 Å². The fourth-order valence-electron chi connectivity index (χ4n) is 7.09. The lowest BCUT2D eigenvalue weighted by molar-refractivity contribution is 0.672. The van der Waals surface area contributed by atoms with Crippen LogP contribution in [0.5, 0.6) is 0 Å². The fraction of sp³-hybridized carbons (Fsp3) is 0. The number of aromatic nitrogens is 4. The Morgan fingerprint density at radius 1 is 0.408 bits per heavy atom. The monoisotopic (exact) mass is 626 g/mol. The third kappa shape index (κ3) is 4.48. The van der Waals surface area contributed by atoms with Crippen molar-refractivity contribution in [2.45, 2.75) is 0 Å². The number of pyridine rings is 1. The van der Waals surface area contributed by atoms with E-state index in [4.69, 9.17) is 19.4 Å². The maximum Gasteiger partial charge on any atom is 0.164 e. The van der Waals surface area contributed by atoms with Crippen LogP contribution in [0.1, 0.15) is 0 Å². The summed E-state index contributed by atoms with van der Waals surface area (Å²) in [6.45, 7) is 0. The quantitative estimate of drug-likeness (QED) is 0.182. The third-order valence-electron chi connectivity index (χ3n) is 9.39. The van der Waals surface area contributed by atoms with Gasteiger partial charge in [-0.15, -0.1) is 0 Å². The van der Waals surface area contributed by atoms with E-state index in [0.29, 0.717) is 17.5 Å². The molecule has 3 aromatic heterocycles. The molecule has 0 N–H and O–H groups in total. The molecule has 0 spiro atoms. The average Bonchev–Trinajstić information content (AvgIpc) is 3.57. The molecule has 5 nitrogen and oxygen atoms in total. The standard InChI is InChI=1S/C44H26N4O/c1-2-10-28(11-3-1)42-46-43(48-44(47-42)37-25-30-12-4-5-15-32(30)34-16-6-7-17-35(34)37)31-14-8-13-29(24-31)33-18-9-19-39-40(33)36-21-20-27-22-23-45-26-38(27)41(36)49-39/h1-26H. The summed E-state index contributed by atoms with van der Waals surface area (Å²) < 4.78 is 6.46. The van der Waals surface area contributed by atoms with Crippen molar-refractivity contribution in [1.29, 1.82) is 0 Å². The predicted molar refractivity (Wildman–Crippen MR) is 199 cm³/mol. The molecule has 7 aromatic carbocycles. The van der Waals surface area contributed by atoms with Gasteiger partial charge in [-0.3, -0.25) is 4.98 Å². The number of furan rings is 1. The van der Waals surface area contributed by atoms with Crippen molar-refractivity contribution in [3.8, 4) is 45.3 Å². The van der Waals surface area contributed by atoms with Crippen molar-refractivity contribution in [2.75, 3.05) is 0 Å². The normalized spacial score (nSPS) is 11.7. The Kier molecular flexibility index (Phi) is 6.11. The molecule has 228 valence electrons. The van der Waals surface area contributed by atoms with Crippen molar-refractivity contribution >= 4 is 54.3 Å². The Hall–Kier alpha value is -6.72. The summed E-state index contributed by atoms with van der Waals surface area (Å²) in [7, 11) is 0. The average molecular weight is 627 g/mol. The van der Waals surface area contributed by atoms with Gasteiger partial charge in [0, 0.05) is 45.2 Å². The number of hydrogen-bond donors (Lipinski definition) is 0. The minimum atomic E-state index is 0.615. The first-order valence-electron chi connectivity index (χ1n) is 16.3. The lowest BCUT2D eigenvalue weighted by Gasteiger charge is -2.13. The van der Waals surface area contributed by atoms with Crippen LogP contribution in [-0.4, -0.2) is 19.9 Å². The lowest BCUT2D eigenvalue weighted by atomic mass is 9.96. The largest absolute Gasteiger partial charge is 0.455 e. The Labute approximate surface area is 281 Å². The van der Waals surface area contributed by atoms with Crippen molar-refractivity contribution in [3.63, 3.8) is 0 Å². The molecular formula is C44H26N4O. The summed E-state index contributed by atoms with van der Waals surface area (Å²) in [6, 6.07) is 50.3. The third-order valence-corrected chi connectivity index (χ3v) is 9.39. The highest BCUT2D eigenvalue weighted by Gasteiger charge is 2.18. The highest BCUT2D eigenvalue weighted by atomic mass is 16.3. The number of fused-ring (bicyclic) bond motifs is 8. The van der Waals surface area contributed by atoms with Crippen LogP contribution in [0.25, 0.3) is 99.5 Å². The van der Waals surface area contributed by atoms with Gasteiger partial charge < -0.3 is 4.42 Å². The van der Waals surface area contributed by atoms with Gasteiger partial charge in [0.1, 0.15) is 11.2 Å². The van der Waals surface area contributed by atoms with Gasteiger partial charge in [0.05, 0.1) is 0 Å². The van der Waals surface area contributed by atoms with Crippen molar-refractivity contribution in [2.24, 2.45) is 0 Å². The second-order valence-electron chi connectivity index (χ2n) is 12.3. The number of hydrogen-bond acceptors (Lipinski definition) is 5. The van der Waals surface area contributed by atoms with E-state index in [1.54, 1.807) is 0 Å². The number of rotatable bonds is 4. The van der Waals surface area contributed by atoms with Crippen LogP contribution >= 0.6 is 0 Å². The first-order chi connectivity index (χ1) is 24.3. The summed E-state index contributed by atoms with van der Waals surface area (Å²) in [6.07, 6.45) is 3.69.